The second-order valence-electron chi connectivity index (χ2n) is 6.10. The number of hydrogen-bond donors (Lipinski definition) is 0. The van der Waals surface area contributed by atoms with Crippen molar-refractivity contribution in [2.75, 3.05) is 17.8 Å². The molecule has 26 heavy (non-hydrogen) atoms. The van der Waals surface area contributed by atoms with Gasteiger partial charge in [-0.05, 0) is 48.9 Å². The first-order valence-electron chi connectivity index (χ1n) is 8.45. The summed E-state index contributed by atoms with van der Waals surface area (Å²) < 4.78 is 5.19. The molecule has 0 spiro atoms. The van der Waals surface area contributed by atoms with Crippen LogP contribution in [0.2, 0.25) is 0 Å². The minimum Gasteiger partial charge on any atom is -0.497 e. The number of ether oxygens (including phenoxy) is 1. The number of carbonyl (C=O) groups is 2. The first kappa shape index (κ1) is 18.3. The van der Waals surface area contributed by atoms with Crippen LogP contribution in [0.4, 0.5) is 5.69 Å². The minimum atomic E-state index is -0.275. The summed E-state index contributed by atoms with van der Waals surface area (Å²) in [6.45, 7) is 5.88. The summed E-state index contributed by atoms with van der Waals surface area (Å²) >= 11 is 1.41. The molecule has 0 atom stereocenters. The van der Waals surface area contributed by atoms with Gasteiger partial charge in [-0.2, -0.15) is 0 Å². The van der Waals surface area contributed by atoms with Crippen LogP contribution in [0.5, 0.6) is 5.75 Å². The van der Waals surface area contributed by atoms with E-state index in [1.54, 1.807) is 19.2 Å². The van der Waals surface area contributed by atoms with E-state index < -0.39 is 0 Å². The normalized spacial score (nSPS) is 14.4. The molecule has 0 radical (unpaired) electrons. The average Bonchev–Trinajstić information content (AvgIpc) is 2.86. The lowest BCUT2D eigenvalue weighted by atomic mass is 10.1. The smallest absolute Gasteiger partial charge is 0.272 e. The van der Waals surface area contributed by atoms with Gasteiger partial charge >= 0.3 is 0 Å². The molecule has 0 saturated heterocycles. The number of amides is 2. The van der Waals surface area contributed by atoms with Crippen molar-refractivity contribution in [2.24, 2.45) is 0 Å². The number of thioether (sulfide) groups is 1. The second kappa shape index (κ2) is 7.38. The van der Waals surface area contributed by atoms with Gasteiger partial charge in [0.15, 0.2) is 0 Å². The molecule has 3 rings (SSSR count). The predicted molar refractivity (Wildman–Crippen MR) is 106 cm³/mol. The number of anilines is 1. The lowest BCUT2D eigenvalue weighted by molar-refractivity contribution is -0.119. The zero-order valence-electron chi connectivity index (χ0n) is 15.3. The highest BCUT2D eigenvalue weighted by molar-refractivity contribution is 8.04. The Morgan fingerprint density at radius 2 is 1.69 bits per heavy atom. The van der Waals surface area contributed by atoms with E-state index in [1.165, 1.54) is 16.7 Å². The van der Waals surface area contributed by atoms with Crippen molar-refractivity contribution in [1.29, 1.82) is 0 Å². The number of hydrogen-bond acceptors (Lipinski definition) is 4. The van der Waals surface area contributed by atoms with Gasteiger partial charge < -0.3 is 4.74 Å². The molecule has 0 fully saturated rings. The SMILES string of the molecule is CCSC1=C(c2ccc(OC)cc2)C(=O)N(c2ccc(C)cc2C)C1=O. The highest BCUT2D eigenvalue weighted by atomic mass is 32.2. The fraction of sp³-hybridized carbons (Fsp3) is 0.238. The molecule has 134 valence electrons. The standard InChI is InChI=1S/C21H21NO3S/c1-5-26-19-18(15-7-9-16(25-4)10-8-15)20(23)22(21(19)24)17-11-6-13(2)12-14(17)3/h6-12H,5H2,1-4H3. The van der Waals surface area contributed by atoms with E-state index in [0.717, 1.165) is 16.7 Å². The Kier molecular flexibility index (Phi) is 5.18. The summed E-state index contributed by atoms with van der Waals surface area (Å²) in [7, 11) is 1.60. The van der Waals surface area contributed by atoms with Gasteiger partial charge in [0.25, 0.3) is 11.8 Å². The molecule has 4 nitrogen and oxygen atoms in total. The van der Waals surface area contributed by atoms with Crippen molar-refractivity contribution >= 4 is 34.8 Å². The monoisotopic (exact) mass is 367 g/mol. The lowest BCUT2D eigenvalue weighted by Gasteiger charge is -2.18. The molecule has 0 N–H and O–H groups in total. The van der Waals surface area contributed by atoms with Crippen LogP contribution in [0, 0.1) is 13.8 Å². The average molecular weight is 367 g/mol. The van der Waals surface area contributed by atoms with Gasteiger partial charge in [0.1, 0.15) is 5.75 Å². The van der Waals surface area contributed by atoms with Crippen molar-refractivity contribution in [3.05, 3.63) is 64.1 Å². The summed E-state index contributed by atoms with van der Waals surface area (Å²) in [4.78, 5) is 28.0. The molecule has 2 aromatic rings. The van der Waals surface area contributed by atoms with E-state index in [-0.39, 0.29) is 11.8 Å². The maximum absolute atomic E-state index is 13.2. The van der Waals surface area contributed by atoms with Crippen molar-refractivity contribution in [3.63, 3.8) is 0 Å². The van der Waals surface area contributed by atoms with Gasteiger partial charge in [-0.1, -0.05) is 36.8 Å². The Balaban J connectivity index is 2.09. The fourth-order valence-corrected chi connectivity index (χ4v) is 3.93. The van der Waals surface area contributed by atoms with Crippen molar-refractivity contribution in [2.45, 2.75) is 20.8 Å². The van der Waals surface area contributed by atoms with Crippen LogP contribution in [0.25, 0.3) is 5.57 Å². The topological polar surface area (TPSA) is 46.6 Å². The number of aryl methyl sites for hydroxylation is 2. The third-order valence-corrected chi connectivity index (χ3v) is 5.26. The molecule has 2 aromatic carbocycles. The third-order valence-electron chi connectivity index (χ3n) is 4.30. The zero-order chi connectivity index (χ0) is 18.8. The molecule has 0 aromatic heterocycles. The van der Waals surface area contributed by atoms with Crippen molar-refractivity contribution in [1.82, 2.24) is 0 Å². The molecule has 0 unspecified atom stereocenters. The van der Waals surface area contributed by atoms with Crippen LogP contribution in [-0.4, -0.2) is 24.7 Å². The number of imide groups is 1. The molecule has 5 heteroatoms. The lowest BCUT2D eigenvalue weighted by Crippen LogP contribution is -2.32. The van der Waals surface area contributed by atoms with Gasteiger partial charge in [0.2, 0.25) is 0 Å². The summed E-state index contributed by atoms with van der Waals surface area (Å²) in [6.07, 6.45) is 0. The fourth-order valence-electron chi connectivity index (χ4n) is 3.08. The molecular weight excluding hydrogens is 346 g/mol. The number of carbonyl (C=O) groups excluding carboxylic acids is 2. The number of methoxy groups -OCH3 is 1. The summed E-state index contributed by atoms with van der Waals surface area (Å²) in [5.41, 5.74) is 3.83. The van der Waals surface area contributed by atoms with E-state index in [9.17, 15) is 9.59 Å². The van der Waals surface area contributed by atoms with Gasteiger partial charge in [0.05, 0.1) is 23.3 Å². The second-order valence-corrected chi connectivity index (χ2v) is 7.38. The number of rotatable bonds is 5. The Bertz CT molecular complexity index is 900. The van der Waals surface area contributed by atoms with Crippen LogP contribution in [0.1, 0.15) is 23.6 Å². The Morgan fingerprint density at radius 1 is 1.00 bits per heavy atom. The van der Waals surface area contributed by atoms with Crippen LogP contribution in [-0.2, 0) is 9.59 Å². The van der Waals surface area contributed by atoms with Crippen LogP contribution in [0.3, 0.4) is 0 Å². The minimum absolute atomic E-state index is 0.250. The van der Waals surface area contributed by atoms with Crippen molar-refractivity contribution in [3.8, 4) is 5.75 Å². The number of nitrogens with zero attached hydrogens (tertiary/aromatic N) is 1. The molecule has 1 aliphatic rings. The number of benzene rings is 2. The molecule has 2 amide bonds. The first-order chi connectivity index (χ1) is 12.5. The van der Waals surface area contributed by atoms with E-state index in [4.69, 9.17) is 4.74 Å². The first-order valence-corrected chi connectivity index (χ1v) is 9.44. The molecule has 0 bridgehead atoms. The van der Waals surface area contributed by atoms with E-state index in [2.05, 4.69) is 0 Å². The maximum Gasteiger partial charge on any atom is 0.272 e. The van der Waals surface area contributed by atoms with Gasteiger partial charge in [-0.3, -0.25) is 9.59 Å². The summed E-state index contributed by atoms with van der Waals surface area (Å²) in [6, 6.07) is 13.0. The Hall–Kier alpha value is -2.53. The van der Waals surface area contributed by atoms with Gasteiger partial charge in [-0.15, -0.1) is 11.8 Å². The Morgan fingerprint density at radius 3 is 2.27 bits per heavy atom. The van der Waals surface area contributed by atoms with Crippen LogP contribution < -0.4 is 9.64 Å². The van der Waals surface area contributed by atoms with E-state index in [1.807, 2.05) is 51.1 Å². The van der Waals surface area contributed by atoms with Gasteiger partial charge in [-0.25, -0.2) is 4.90 Å². The van der Waals surface area contributed by atoms with Crippen LogP contribution >= 0.6 is 11.8 Å². The molecule has 0 aliphatic carbocycles. The molecule has 0 saturated carbocycles. The predicted octanol–water partition coefficient (Wildman–Crippen LogP) is 4.35. The highest BCUT2D eigenvalue weighted by Crippen LogP contribution is 2.39. The van der Waals surface area contributed by atoms with E-state index in [0.29, 0.717) is 27.7 Å². The maximum atomic E-state index is 13.2. The molecular formula is C21H21NO3S. The van der Waals surface area contributed by atoms with Gasteiger partial charge in [0, 0.05) is 0 Å². The van der Waals surface area contributed by atoms with Crippen LogP contribution in [0.15, 0.2) is 47.4 Å². The highest BCUT2D eigenvalue weighted by Gasteiger charge is 2.40. The largest absolute Gasteiger partial charge is 0.497 e. The Labute approximate surface area is 157 Å². The van der Waals surface area contributed by atoms with E-state index >= 15 is 0 Å². The quantitative estimate of drug-likeness (QED) is 0.737. The summed E-state index contributed by atoms with van der Waals surface area (Å²) in [5.74, 6) is 0.902. The third kappa shape index (κ3) is 3.15. The van der Waals surface area contributed by atoms with Crippen molar-refractivity contribution < 1.29 is 14.3 Å². The molecule has 1 aliphatic heterocycles. The zero-order valence-corrected chi connectivity index (χ0v) is 16.1. The summed E-state index contributed by atoms with van der Waals surface area (Å²) in [5, 5.41) is 0. The molecule has 1 heterocycles.